The lowest BCUT2D eigenvalue weighted by Crippen LogP contribution is -2.62. The number of hydrogen-bond acceptors (Lipinski definition) is 2. The van der Waals surface area contributed by atoms with Crippen molar-refractivity contribution in [1.82, 2.24) is 0 Å². The van der Waals surface area contributed by atoms with Crippen molar-refractivity contribution < 1.29 is 105 Å². The van der Waals surface area contributed by atoms with Gasteiger partial charge in [-0.15, -0.1) is 0 Å². The van der Waals surface area contributed by atoms with Crippen molar-refractivity contribution >= 4 is 9.84 Å². The van der Waals surface area contributed by atoms with Crippen molar-refractivity contribution in [2.24, 2.45) is 0 Å². The Labute approximate surface area is 186 Å². The van der Waals surface area contributed by atoms with E-state index in [1.54, 1.807) is 0 Å². The molecule has 0 aliphatic carbocycles. The molecule has 0 amide bonds. The average molecular weight is 626 g/mol. The van der Waals surface area contributed by atoms with Gasteiger partial charge in [0.15, 0.2) is 22.8 Å². The molecule has 2 unspecified atom stereocenters. The molecule has 2 atom stereocenters. The van der Waals surface area contributed by atoms with Crippen LogP contribution in [0.3, 0.4) is 0 Å². The Morgan fingerprint density at radius 2 is 0.541 bits per heavy atom. The molecule has 0 bridgehead atoms. The topological polar surface area (TPSA) is 34.1 Å². The molecule has 37 heavy (non-hydrogen) atoms. The number of rotatable bonds is 4. The van der Waals surface area contributed by atoms with Crippen LogP contribution >= 0.6 is 0 Å². The van der Waals surface area contributed by atoms with Crippen LogP contribution in [-0.2, 0) is 9.84 Å². The van der Waals surface area contributed by atoms with Gasteiger partial charge < -0.3 is 0 Å². The van der Waals surface area contributed by atoms with E-state index in [0.717, 1.165) is 0 Å². The van der Waals surface area contributed by atoms with Crippen molar-refractivity contribution in [1.29, 1.82) is 0 Å². The summed E-state index contributed by atoms with van der Waals surface area (Å²) < 4.78 is 307. The van der Waals surface area contributed by atoms with Crippen LogP contribution in [-0.4, -0.2) is 55.5 Å². The number of allylic oxidation sites excluding steroid dienone is 2. The Morgan fingerprint density at radius 3 is 0.649 bits per heavy atom. The van der Waals surface area contributed by atoms with Crippen molar-refractivity contribution in [2.75, 3.05) is 0 Å². The minimum atomic E-state index is -10.2. The van der Waals surface area contributed by atoms with Crippen LogP contribution in [0.25, 0.3) is 0 Å². The standard InChI is InChI=1S/C12F22O2S/c13-3(1(7(17,18)19)8(20,21)22)5(15,11(29,30)31)37(35,36)6(16,12(32,33)34)4(14)2(9(23,24)25)10(26,27)28. The molecule has 0 radical (unpaired) electrons. The summed E-state index contributed by atoms with van der Waals surface area (Å²) in [7, 11) is -10.2. The molecule has 0 saturated heterocycles. The van der Waals surface area contributed by atoms with Crippen molar-refractivity contribution in [3.05, 3.63) is 22.8 Å². The molecule has 2 nitrogen and oxygen atoms in total. The summed E-state index contributed by atoms with van der Waals surface area (Å²) in [6.45, 7) is 0. The molecular formula is C12F22O2S. The van der Waals surface area contributed by atoms with Gasteiger partial charge in [-0.05, 0) is 0 Å². The highest BCUT2D eigenvalue weighted by Gasteiger charge is 2.84. The van der Waals surface area contributed by atoms with E-state index >= 15 is 0 Å². The van der Waals surface area contributed by atoms with Crippen LogP contribution in [0.5, 0.6) is 0 Å². The Balaban J connectivity index is 8.57. The number of alkyl halides is 20. The molecule has 0 aromatic heterocycles. The fourth-order valence-electron chi connectivity index (χ4n) is 2.12. The van der Waals surface area contributed by atoms with E-state index in [1.165, 1.54) is 0 Å². The van der Waals surface area contributed by atoms with Crippen molar-refractivity contribution in [2.45, 2.75) is 47.1 Å². The van der Waals surface area contributed by atoms with Gasteiger partial charge in [-0.25, -0.2) is 26.0 Å². The third-order valence-corrected chi connectivity index (χ3v) is 5.91. The second-order valence-electron chi connectivity index (χ2n) is 6.06. The van der Waals surface area contributed by atoms with Crippen LogP contribution < -0.4 is 0 Å². The zero-order valence-corrected chi connectivity index (χ0v) is 16.4. The van der Waals surface area contributed by atoms with E-state index in [2.05, 4.69) is 0 Å². The fraction of sp³-hybridized carbons (Fsp3) is 0.667. The molecule has 0 fully saturated rings. The first-order valence-electron chi connectivity index (χ1n) is 7.40. The Hall–Kier alpha value is -2.11. The van der Waals surface area contributed by atoms with Gasteiger partial charge >= 0.3 is 47.1 Å². The first-order valence-corrected chi connectivity index (χ1v) is 8.88. The van der Waals surface area contributed by atoms with Gasteiger partial charge in [0.2, 0.25) is 0 Å². The van der Waals surface area contributed by atoms with Crippen LogP contribution in [0.1, 0.15) is 0 Å². The first kappa shape index (κ1) is 34.9. The molecule has 0 aromatic carbocycles. The molecule has 220 valence electrons. The maximum Gasteiger partial charge on any atom is 0.444 e. The zero-order valence-electron chi connectivity index (χ0n) is 15.5. The average Bonchev–Trinajstić information content (AvgIpc) is 2.52. The van der Waals surface area contributed by atoms with Crippen LogP contribution in [0.4, 0.5) is 96.6 Å². The Morgan fingerprint density at radius 1 is 0.378 bits per heavy atom. The molecular weight excluding hydrogens is 626 g/mol. The molecule has 0 aliphatic rings. The summed E-state index contributed by atoms with van der Waals surface area (Å²) in [5, 5.41) is -17.5. The summed E-state index contributed by atoms with van der Waals surface area (Å²) in [5.41, 5.74) is -11.3. The van der Waals surface area contributed by atoms with Gasteiger partial charge in [0.05, 0.1) is 0 Å². The monoisotopic (exact) mass is 626 g/mol. The maximum atomic E-state index is 14.4. The van der Waals surface area contributed by atoms with E-state index in [9.17, 15) is 105 Å². The van der Waals surface area contributed by atoms with Gasteiger partial charge in [0.25, 0.3) is 9.84 Å². The molecule has 0 aromatic rings. The van der Waals surface area contributed by atoms with E-state index in [0.29, 0.717) is 0 Å². The minimum Gasteiger partial charge on any atom is -0.220 e. The highest BCUT2D eigenvalue weighted by Crippen LogP contribution is 2.60. The first-order chi connectivity index (χ1) is 15.6. The van der Waals surface area contributed by atoms with Gasteiger partial charge in [0.1, 0.15) is 0 Å². The third-order valence-electron chi connectivity index (χ3n) is 3.61. The third kappa shape index (κ3) is 5.68. The SMILES string of the molecule is O=S(=O)(C(F)(C(F)=C(C(F)(F)F)C(F)(F)F)C(F)(F)F)C(F)(C(F)=C(C(F)(F)F)C(F)(F)F)C(F)(F)F. The molecule has 0 rings (SSSR count). The molecule has 0 saturated carbocycles. The normalized spacial score (nSPS) is 18.1. The fourth-order valence-corrected chi connectivity index (χ4v) is 3.80. The second-order valence-corrected chi connectivity index (χ2v) is 8.19. The second kappa shape index (κ2) is 8.98. The predicted molar refractivity (Wildman–Crippen MR) is 69.2 cm³/mol. The van der Waals surface area contributed by atoms with Crippen LogP contribution in [0.2, 0.25) is 0 Å². The number of sulfone groups is 1. The molecule has 25 heteroatoms. The van der Waals surface area contributed by atoms with Crippen LogP contribution in [0, 0.1) is 0 Å². The molecule has 0 spiro atoms. The Kier molecular flexibility index (Phi) is 8.47. The smallest absolute Gasteiger partial charge is 0.220 e. The van der Waals surface area contributed by atoms with Gasteiger partial charge in [0, 0.05) is 0 Å². The van der Waals surface area contributed by atoms with Gasteiger partial charge in [-0.3, -0.25) is 0 Å². The highest BCUT2D eigenvalue weighted by atomic mass is 32.2. The lowest BCUT2D eigenvalue weighted by Gasteiger charge is -2.35. The van der Waals surface area contributed by atoms with Crippen LogP contribution in [0.15, 0.2) is 22.8 Å². The molecule has 0 heterocycles. The summed E-state index contributed by atoms with van der Waals surface area (Å²) in [6, 6.07) is 0. The van der Waals surface area contributed by atoms with E-state index in [4.69, 9.17) is 0 Å². The highest BCUT2D eigenvalue weighted by molar-refractivity contribution is 7.94. The van der Waals surface area contributed by atoms with Crippen molar-refractivity contribution in [3.63, 3.8) is 0 Å². The predicted octanol–water partition coefficient (Wildman–Crippen LogP) is 7.55. The lowest BCUT2D eigenvalue weighted by molar-refractivity contribution is -0.213. The maximum absolute atomic E-state index is 14.4. The summed E-state index contributed by atoms with van der Waals surface area (Å²) in [4.78, 5) is 0. The number of hydrogen-bond donors (Lipinski definition) is 0. The molecule has 0 aliphatic heterocycles. The van der Waals surface area contributed by atoms with E-state index < -0.39 is 79.7 Å². The summed E-state index contributed by atoms with van der Waals surface area (Å²) in [6.07, 6.45) is -48.2. The van der Waals surface area contributed by atoms with E-state index in [1.807, 2.05) is 0 Å². The van der Waals surface area contributed by atoms with Gasteiger partial charge in [-0.2, -0.15) is 79.0 Å². The lowest BCUT2D eigenvalue weighted by atomic mass is 10.1. The van der Waals surface area contributed by atoms with Crippen molar-refractivity contribution in [3.8, 4) is 0 Å². The number of halogens is 22. The summed E-state index contributed by atoms with van der Waals surface area (Å²) >= 11 is 0. The van der Waals surface area contributed by atoms with Gasteiger partial charge in [-0.1, -0.05) is 0 Å². The Bertz CT molecular complexity index is 930. The largest absolute Gasteiger partial charge is 0.444 e. The minimum absolute atomic E-state index is 5.64. The van der Waals surface area contributed by atoms with E-state index in [-0.39, 0.29) is 0 Å². The zero-order chi connectivity index (χ0) is 30.8. The quantitative estimate of drug-likeness (QED) is 0.302. The summed E-state index contributed by atoms with van der Waals surface area (Å²) in [5.74, 6) is -12.0. The molecule has 0 N–H and O–H groups in total.